The summed E-state index contributed by atoms with van der Waals surface area (Å²) in [4.78, 5) is 26.6. The Morgan fingerprint density at radius 1 is 1.08 bits per heavy atom. The Morgan fingerprint density at radius 3 is 2.27 bits per heavy atom. The van der Waals surface area contributed by atoms with Crippen molar-refractivity contribution >= 4 is 11.9 Å². The molecule has 0 N–H and O–H groups in total. The summed E-state index contributed by atoms with van der Waals surface area (Å²) in [5, 5.41) is 0. The van der Waals surface area contributed by atoms with Crippen molar-refractivity contribution in [1.82, 2.24) is 4.90 Å². The quantitative estimate of drug-likeness (QED) is 0.692. The van der Waals surface area contributed by atoms with Crippen LogP contribution in [0.4, 0.5) is 0 Å². The smallest absolute Gasteiger partial charge is 0.338 e. The fourth-order valence-electron chi connectivity index (χ4n) is 3.25. The summed E-state index contributed by atoms with van der Waals surface area (Å²) in [6.45, 7) is 2.52. The van der Waals surface area contributed by atoms with Crippen molar-refractivity contribution in [2.75, 3.05) is 34.5 Å². The van der Waals surface area contributed by atoms with Crippen LogP contribution < -0.4 is 14.2 Å². The van der Waals surface area contributed by atoms with E-state index in [1.807, 2.05) is 4.90 Å². The number of carbonyl (C=O) groups excluding carboxylic acids is 2. The Labute approximate surface area is 154 Å². The molecule has 1 amide bonds. The second-order valence-electron chi connectivity index (χ2n) is 6.14. The van der Waals surface area contributed by atoms with Gasteiger partial charge in [-0.05, 0) is 37.8 Å². The molecule has 7 heteroatoms. The zero-order chi connectivity index (χ0) is 19.1. The molecule has 1 aromatic carbocycles. The molecule has 0 spiro atoms. The molecule has 144 valence electrons. The van der Waals surface area contributed by atoms with Crippen molar-refractivity contribution in [3.63, 3.8) is 0 Å². The molecule has 0 aliphatic carbocycles. The van der Waals surface area contributed by atoms with Gasteiger partial charge in [0.1, 0.15) is 0 Å². The highest BCUT2D eigenvalue weighted by Gasteiger charge is 2.26. The van der Waals surface area contributed by atoms with Crippen molar-refractivity contribution in [2.24, 2.45) is 0 Å². The Balaban J connectivity index is 2.06. The van der Waals surface area contributed by atoms with Crippen LogP contribution in [0.25, 0.3) is 0 Å². The maximum atomic E-state index is 12.4. The van der Waals surface area contributed by atoms with Gasteiger partial charge >= 0.3 is 5.97 Å². The molecule has 0 unspecified atom stereocenters. The van der Waals surface area contributed by atoms with Gasteiger partial charge in [-0.1, -0.05) is 6.92 Å². The first-order chi connectivity index (χ1) is 12.5. The number of hydrogen-bond acceptors (Lipinski definition) is 6. The molecule has 7 nitrogen and oxygen atoms in total. The van der Waals surface area contributed by atoms with Crippen molar-refractivity contribution in [1.29, 1.82) is 0 Å². The van der Waals surface area contributed by atoms with Gasteiger partial charge in [-0.3, -0.25) is 4.79 Å². The molecule has 1 atom stereocenters. The van der Waals surface area contributed by atoms with Crippen LogP contribution >= 0.6 is 0 Å². The van der Waals surface area contributed by atoms with Gasteiger partial charge in [-0.25, -0.2) is 4.79 Å². The maximum absolute atomic E-state index is 12.4. The Kier molecular flexibility index (Phi) is 7.12. The van der Waals surface area contributed by atoms with Crippen molar-refractivity contribution in [2.45, 2.75) is 38.6 Å². The van der Waals surface area contributed by atoms with Gasteiger partial charge in [0.25, 0.3) is 5.91 Å². The Hall–Kier alpha value is -2.44. The van der Waals surface area contributed by atoms with E-state index >= 15 is 0 Å². The van der Waals surface area contributed by atoms with E-state index < -0.39 is 5.97 Å². The number of nitrogens with zero attached hydrogens (tertiary/aromatic N) is 1. The normalized spacial score (nSPS) is 16.8. The van der Waals surface area contributed by atoms with E-state index in [4.69, 9.17) is 18.9 Å². The number of benzene rings is 1. The first kappa shape index (κ1) is 19.9. The number of hydrogen-bond donors (Lipinski definition) is 0. The highest BCUT2D eigenvalue weighted by atomic mass is 16.5. The van der Waals surface area contributed by atoms with Crippen molar-refractivity contribution in [3.05, 3.63) is 17.7 Å². The summed E-state index contributed by atoms with van der Waals surface area (Å²) < 4.78 is 20.9. The van der Waals surface area contributed by atoms with Gasteiger partial charge in [0.05, 0.1) is 26.9 Å². The molecule has 0 saturated carbocycles. The second kappa shape index (κ2) is 9.31. The third-order valence-corrected chi connectivity index (χ3v) is 4.65. The SMILES string of the molecule is CC[C@@H]1CCCCN1C(=O)COC(=O)c1cc(OC)c(OC)c(OC)c1. The number of piperidine rings is 1. The fourth-order valence-corrected chi connectivity index (χ4v) is 3.25. The van der Waals surface area contributed by atoms with Crippen LogP contribution in [0.1, 0.15) is 43.0 Å². The average Bonchev–Trinajstić information content (AvgIpc) is 2.70. The summed E-state index contributed by atoms with van der Waals surface area (Å²) in [6, 6.07) is 3.24. The van der Waals surface area contributed by atoms with Gasteiger partial charge in [-0.2, -0.15) is 0 Å². The van der Waals surface area contributed by atoms with Crippen LogP contribution in [0.5, 0.6) is 17.2 Å². The largest absolute Gasteiger partial charge is 0.493 e. The number of carbonyl (C=O) groups is 2. The lowest BCUT2D eigenvalue weighted by atomic mass is 10.00. The third-order valence-electron chi connectivity index (χ3n) is 4.65. The highest BCUT2D eigenvalue weighted by molar-refractivity contribution is 5.92. The maximum Gasteiger partial charge on any atom is 0.338 e. The molecule has 0 aromatic heterocycles. The van der Waals surface area contributed by atoms with Gasteiger partial charge in [0.15, 0.2) is 18.1 Å². The molecule has 1 saturated heterocycles. The molecular formula is C19H27NO6. The van der Waals surface area contributed by atoms with E-state index in [2.05, 4.69) is 6.92 Å². The van der Waals surface area contributed by atoms with Gasteiger partial charge in [0, 0.05) is 12.6 Å². The molecule has 2 rings (SSSR count). The van der Waals surface area contributed by atoms with E-state index in [1.54, 1.807) is 0 Å². The summed E-state index contributed by atoms with van der Waals surface area (Å²) in [5.41, 5.74) is 0.234. The number of ether oxygens (including phenoxy) is 4. The molecule has 26 heavy (non-hydrogen) atoms. The minimum atomic E-state index is -0.609. The number of rotatable bonds is 7. The van der Waals surface area contributed by atoms with Crippen molar-refractivity contribution in [3.8, 4) is 17.2 Å². The minimum Gasteiger partial charge on any atom is -0.493 e. The zero-order valence-corrected chi connectivity index (χ0v) is 15.9. The van der Waals surface area contributed by atoms with E-state index in [-0.39, 0.29) is 24.1 Å². The number of amides is 1. The van der Waals surface area contributed by atoms with E-state index in [0.717, 1.165) is 32.2 Å². The summed E-state index contributed by atoms with van der Waals surface area (Å²) in [5.74, 6) is 0.334. The molecule has 1 fully saturated rings. The Bertz CT molecular complexity index is 620. The molecule has 1 aromatic rings. The van der Waals surface area contributed by atoms with Gasteiger partial charge in [-0.15, -0.1) is 0 Å². The second-order valence-corrected chi connectivity index (χ2v) is 6.14. The van der Waals surface area contributed by atoms with Crippen LogP contribution in [0.3, 0.4) is 0 Å². The van der Waals surface area contributed by atoms with E-state index in [0.29, 0.717) is 17.2 Å². The highest BCUT2D eigenvalue weighted by Crippen LogP contribution is 2.38. The zero-order valence-electron chi connectivity index (χ0n) is 15.9. The van der Waals surface area contributed by atoms with Crippen molar-refractivity contribution < 1.29 is 28.5 Å². The van der Waals surface area contributed by atoms with Gasteiger partial charge in [0.2, 0.25) is 5.75 Å². The predicted octanol–water partition coefficient (Wildman–Crippen LogP) is 2.66. The standard InChI is InChI=1S/C19H27NO6/c1-5-14-8-6-7-9-20(14)17(21)12-26-19(22)13-10-15(23-2)18(25-4)16(11-13)24-3/h10-11,14H,5-9,12H2,1-4H3/t14-/m1/s1. The van der Waals surface area contributed by atoms with Crippen LogP contribution in [-0.2, 0) is 9.53 Å². The third kappa shape index (κ3) is 4.39. The molecule has 1 aliphatic heterocycles. The molecular weight excluding hydrogens is 338 g/mol. The minimum absolute atomic E-state index is 0.155. The summed E-state index contributed by atoms with van der Waals surface area (Å²) in [7, 11) is 4.42. The monoisotopic (exact) mass is 365 g/mol. The first-order valence-electron chi connectivity index (χ1n) is 8.82. The molecule has 1 aliphatic rings. The number of esters is 1. The average molecular weight is 365 g/mol. The fraction of sp³-hybridized carbons (Fsp3) is 0.579. The molecule has 0 radical (unpaired) electrons. The lowest BCUT2D eigenvalue weighted by Crippen LogP contribution is -2.45. The number of likely N-dealkylation sites (tertiary alicyclic amines) is 1. The topological polar surface area (TPSA) is 74.3 Å². The summed E-state index contributed by atoms with van der Waals surface area (Å²) >= 11 is 0. The van der Waals surface area contributed by atoms with Crippen LogP contribution in [0, 0.1) is 0 Å². The van der Waals surface area contributed by atoms with Gasteiger partial charge < -0.3 is 23.8 Å². The lowest BCUT2D eigenvalue weighted by molar-refractivity contribution is -0.138. The first-order valence-corrected chi connectivity index (χ1v) is 8.82. The molecule has 0 bridgehead atoms. The van der Waals surface area contributed by atoms with E-state index in [1.165, 1.54) is 33.5 Å². The van der Waals surface area contributed by atoms with Crippen LogP contribution in [-0.4, -0.2) is 57.3 Å². The summed E-state index contributed by atoms with van der Waals surface area (Å²) in [6.07, 6.45) is 4.03. The van der Waals surface area contributed by atoms with Crippen LogP contribution in [0.2, 0.25) is 0 Å². The Morgan fingerprint density at radius 2 is 1.73 bits per heavy atom. The van der Waals surface area contributed by atoms with Crippen LogP contribution in [0.15, 0.2) is 12.1 Å². The number of methoxy groups -OCH3 is 3. The van der Waals surface area contributed by atoms with E-state index in [9.17, 15) is 9.59 Å². The molecule has 1 heterocycles. The predicted molar refractivity (Wildman–Crippen MR) is 96.0 cm³/mol. The lowest BCUT2D eigenvalue weighted by Gasteiger charge is -2.35.